The molecule has 1 fully saturated rings. The minimum Gasteiger partial charge on any atom is -0.506 e. The second kappa shape index (κ2) is 5.59. The molecular weight excluding hydrogens is 310 g/mol. The van der Waals surface area contributed by atoms with Gasteiger partial charge in [0.25, 0.3) is 0 Å². The zero-order valence-electron chi connectivity index (χ0n) is 10.7. The first-order valence-electron chi connectivity index (χ1n) is 6.79. The van der Waals surface area contributed by atoms with E-state index in [4.69, 9.17) is 9.47 Å². The minimum atomic E-state index is 0.279. The Hall–Kier alpha value is -0.940. The zero-order chi connectivity index (χ0) is 13.2. The van der Waals surface area contributed by atoms with E-state index < -0.39 is 0 Å². The van der Waals surface area contributed by atoms with Crippen LogP contribution in [0.3, 0.4) is 0 Å². The van der Waals surface area contributed by atoms with Crippen LogP contribution in [0.25, 0.3) is 0 Å². The van der Waals surface area contributed by atoms with Crippen LogP contribution in [0.2, 0.25) is 0 Å². The van der Waals surface area contributed by atoms with Crippen molar-refractivity contribution in [2.75, 3.05) is 26.3 Å². The standard InChI is InChI=1S/C14H18BrNO3/c15-10-7-11-14(19-6-2-5-18-11)12(13(10)17)9-3-1-4-16-8-9/h7,9,16-17H,1-6,8H2. The highest BCUT2D eigenvalue weighted by molar-refractivity contribution is 9.10. The number of phenols is 1. The number of aromatic hydroxyl groups is 1. The van der Waals surface area contributed by atoms with Gasteiger partial charge in [-0.1, -0.05) is 0 Å². The lowest BCUT2D eigenvalue weighted by atomic mass is 9.90. The molecular formula is C14H18BrNO3. The molecule has 1 unspecified atom stereocenters. The lowest BCUT2D eigenvalue weighted by Gasteiger charge is -2.26. The van der Waals surface area contributed by atoms with Gasteiger partial charge in [0.1, 0.15) is 5.75 Å². The molecule has 1 saturated heterocycles. The van der Waals surface area contributed by atoms with E-state index in [2.05, 4.69) is 21.2 Å². The zero-order valence-corrected chi connectivity index (χ0v) is 12.3. The fourth-order valence-electron chi connectivity index (χ4n) is 2.77. The molecule has 2 aliphatic rings. The highest BCUT2D eigenvalue weighted by Crippen LogP contribution is 2.48. The predicted molar refractivity (Wildman–Crippen MR) is 76.3 cm³/mol. The molecule has 2 heterocycles. The fourth-order valence-corrected chi connectivity index (χ4v) is 3.19. The predicted octanol–water partition coefficient (Wildman–Crippen LogP) is 2.78. The summed E-state index contributed by atoms with van der Waals surface area (Å²) < 4.78 is 12.2. The van der Waals surface area contributed by atoms with E-state index in [1.165, 1.54) is 0 Å². The van der Waals surface area contributed by atoms with Gasteiger partial charge in [0.05, 0.1) is 17.7 Å². The third kappa shape index (κ3) is 2.54. The first-order valence-corrected chi connectivity index (χ1v) is 7.58. The molecule has 4 nitrogen and oxygen atoms in total. The van der Waals surface area contributed by atoms with E-state index in [9.17, 15) is 5.11 Å². The smallest absolute Gasteiger partial charge is 0.168 e. The van der Waals surface area contributed by atoms with Gasteiger partial charge in [0.2, 0.25) is 0 Å². The maximum Gasteiger partial charge on any atom is 0.168 e. The van der Waals surface area contributed by atoms with Crippen LogP contribution in [0.5, 0.6) is 17.2 Å². The Labute approximate surface area is 121 Å². The van der Waals surface area contributed by atoms with E-state index in [0.29, 0.717) is 17.7 Å². The van der Waals surface area contributed by atoms with Crippen LogP contribution in [-0.2, 0) is 0 Å². The molecule has 0 spiro atoms. The summed E-state index contributed by atoms with van der Waals surface area (Å²) in [5.41, 5.74) is 0.887. The maximum absolute atomic E-state index is 10.4. The number of rotatable bonds is 1. The van der Waals surface area contributed by atoms with Crippen molar-refractivity contribution < 1.29 is 14.6 Å². The molecule has 0 bridgehead atoms. The quantitative estimate of drug-likeness (QED) is 0.832. The van der Waals surface area contributed by atoms with E-state index in [1.807, 2.05) is 0 Å². The van der Waals surface area contributed by atoms with Crippen LogP contribution in [-0.4, -0.2) is 31.4 Å². The third-order valence-corrected chi connectivity index (χ3v) is 4.31. The molecule has 0 amide bonds. The van der Waals surface area contributed by atoms with E-state index in [0.717, 1.165) is 49.4 Å². The van der Waals surface area contributed by atoms with Crippen LogP contribution < -0.4 is 14.8 Å². The highest BCUT2D eigenvalue weighted by Gasteiger charge is 2.28. The van der Waals surface area contributed by atoms with E-state index >= 15 is 0 Å². The molecule has 2 N–H and O–H groups in total. The molecule has 0 aliphatic carbocycles. The number of halogens is 1. The summed E-state index contributed by atoms with van der Waals surface area (Å²) in [7, 11) is 0. The second-order valence-electron chi connectivity index (χ2n) is 5.04. The SMILES string of the molecule is Oc1c(Br)cc2c(c1C1CCCNC1)OCCCO2. The van der Waals surface area contributed by atoms with Gasteiger partial charge in [-0.05, 0) is 35.3 Å². The van der Waals surface area contributed by atoms with Crippen LogP contribution in [0.15, 0.2) is 10.5 Å². The number of phenolic OH excluding ortho intramolecular Hbond substituents is 1. The van der Waals surface area contributed by atoms with Crippen molar-refractivity contribution in [2.24, 2.45) is 0 Å². The molecule has 19 heavy (non-hydrogen) atoms. The number of fused-ring (bicyclic) bond motifs is 1. The number of ether oxygens (including phenoxy) is 2. The molecule has 0 saturated carbocycles. The summed E-state index contributed by atoms with van der Waals surface area (Å²) in [4.78, 5) is 0. The summed E-state index contributed by atoms with van der Waals surface area (Å²) in [6.45, 7) is 3.22. The van der Waals surface area contributed by atoms with Gasteiger partial charge in [0.15, 0.2) is 11.5 Å². The van der Waals surface area contributed by atoms with Crippen LogP contribution in [0, 0.1) is 0 Å². The summed E-state index contributed by atoms with van der Waals surface area (Å²) in [5, 5.41) is 13.8. The van der Waals surface area contributed by atoms with Crippen molar-refractivity contribution in [1.29, 1.82) is 0 Å². The van der Waals surface area contributed by atoms with Gasteiger partial charge in [-0.3, -0.25) is 0 Å². The number of hydrogen-bond donors (Lipinski definition) is 2. The van der Waals surface area contributed by atoms with Crippen molar-refractivity contribution in [3.63, 3.8) is 0 Å². The van der Waals surface area contributed by atoms with Crippen molar-refractivity contribution in [3.8, 4) is 17.2 Å². The number of benzene rings is 1. The van der Waals surface area contributed by atoms with Gasteiger partial charge in [-0.25, -0.2) is 0 Å². The number of hydrogen-bond acceptors (Lipinski definition) is 4. The monoisotopic (exact) mass is 327 g/mol. The molecule has 0 radical (unpaired) electrons. The summed E-state index contributed by atoms with van der Waals surface area (Å²) in [6.07, 6.45) is 3.05. The summed E-state index contributed by atoms with van der Waals surface area (Å²) in [5.74, 6) is 2.04. The number of nitrogens with one attached hydrogen (secondary N) is 1. The first kappa shape index (κ1) is 13.1. The second-order valence-corrected chi connectivity index (χ2v) is 5.90. The lowest BCUT2D eigenvalue weighted by molar-refractivity contribution is 0.294. The Morgan fingerprint density at radius 3 is 2.89 bits per heavy atom. The average Bonchev–Trinajstić information content (AvgIpc) is 2.66. The third-order valence-electron chi connectivity index (χ3n) is 3.71. The van der Waals surface area contributed by atoms with E-state index in [1.54, 1.807) is 6.07 Å². The highest BCUT2D eigenvalue weighted by atomic mass is 79.9. The molecule has 1 atom stereocenters. The normalized spacial score (nSPS) is 22.9. The van der Waals surface area contributed by atoms with Crippen LogP contribution >= 0.6 is 15.9 Å². The molecule has 104 valence electrons. The van der Waals surface area contributed by atoms with Gasteiger partial charge in [0, 0.05) is 30.5 Å². The van der Waals surface area contributed by atoms with Crippen molar-refractivity contribution in [1.82, 2.24) is 5.32 Å². The fraction of sp³-hybridized carbons (Fsp3) is 0.571. The van der Waals surface area contributed by atoms with Crippen LogP contribution in [0.4, 0.5) is 0 Å². The molecule has 1 aromatic carbocycles. The summed E-state index contributed by atoms with van der Waals surface area (Å²) >= 11 is 3.41. The molecule has 1 aromatic rings. The summed E-state index contributed by atoms with van der Waals surface area (Å²) in [6, 6.07) is 1.80. The Balaban J connectivity index is 2.07. The molecule has 3 rings (SSSR count). The lowest BCUT2D eigenvalue weighted by Crippen LogP contribution is -2.28. The molecule has 5 heteroatoms. The Bertz CT molecular complexity index is 472. The maximum atomic E-state index is 10.4. The first-order chi connectivity index (χ1) is 9.27. The Kier molecular flexibility index (Phi) is 3.84. The van der Waals surface area contributed by atoms with Gasteiger partial charge in [-0.15, -0.1) is 0 Å². The van der Waals surface area contributed by atoms with Crippen LogP contribution in [0.1, 0.15) is 30.7 Å². The minimum absolute atomic E-state index is 0.279. The van der Waals surface area contributed by atoms with Crippen molar-refractivity contribution in [2.45, 2.75) is 25.2 Å². The Morgan fingerprint density at radius 1 is 1.26 bits per heavy atom. The van der Waals surface area contributed by atoms with Gasteiger partial charge < -0.3 is 19.9 Å². The molecule has 2 aliphatic heterocycles. The average molecular weight is 328 g/mol. The topological polar surface area (TPSA) is 50.7 Å². The number of piperidine rings is 1. The Morgan fingerprint density at radius 2 is 2.11 bits per heavy atom. The van der Waals surface area contributed by atoms with Crippen molar-refractivity contribution in [3.05, 3.63) is 16.1 Å². The molecule has 0 aromatic heterocycles. The van der Waals surface area contributed by atoms with Gasteiger partial charge in [-0.2, -0.15) is 0 Å². The van der Waals surface area contributed by atoms with E-state index in [-0.39, 0.29) is 11.7 Å². The van der Waals surface area contributed by atoms with Gasteiger partial charge >= 0.3 is 0 Å². The largest absolute Gasteiger partial charge is 0.506 e. The van der Waals surface area contributed by atoms with Crippen molar-refractivity contribution >= 4 is 15.9 Å².